The van der Waals surface area contributed by atoms with Crippen LogP contribution in [0.5, 0.6) is 0 Å². The average molecular weight is 365 g/mol. The van der Waals surface area contributed by atoms with Crippen molar-refractivity contribution in [3.63, 3.8) is 0 Å². The number of ether oxygens (including phenoxy) is 1. The Bertz CT molecular complexity index is 603. The smallest absolute Gasteiger partial charge is 0.309 e. The third-order valence-electron chi connectivity index (χ3n) is 2.80. The van der Waals surface area contributed by atoms with Gasteiger partial charge in [0.25, 0.3) is 0 Å². The maximum Gasteiger partial charge on any atom is 0.309 e. The predicted octanol–water partition coefficient (Wildman–Crippen LogP) is 1.46. The van der Waals surface area contributed by atoms with Gasteiger partial charge < -0.3 is 10.5 Å². The Morgan fingerprint density at radius 3 is 2.65 bits per heavy atom. The molecule has 0 saturated carbocycles. The zero-order valence-electron chi connectivity index (χ0n) is 11.5. The summed E-state index contributed by atoms with van der Waals surface area (Å²) in [6.45, 7) is 1.61. The molecule has 0 aliphatic rings. The lowest BCUT2D eigenvalue weighted by molar-refractivity contribution is -0.144. The van der Waals surface area contributed by atoms with Crippen molar-refractivity contribution in [1.29, 1.82) is 0 Å². The number of benzene rings is 1. The normalized spacial score (nSPS) is 13.2. The van der Waals surface area contributed by atoms with Gasteiger partial charge in [-0.2, -0.15) is 0 Å². The Hall–Kier alpha value is -1.12. The van der Waals surface area contributed by atoms with Gasteiger partial charge in [-0.15, -0.1) is 0 Å². The van der Waals surface area contributed by atoms with Gasteiger partial charge in [0.15, 0.2) is 0 Å². The molecule has 1 aromatic rings. The van der Waals surface area contributed by atoms with Crippen molar-refractivity contribution in [2.24, 2.45) is 5.92 Å². The molecule has 112 valence electrons. The number of carbonyl (C=O) groups is 1. The number of anilines is 1. The summed E-state index contributed by atoms with van der Waals surface area (Å²) in [5, 5.41) is 0. The molecule has 8 heteroatoms. The highest BCUT2D eigenvalue weighted by Crippen LogP contribution is 2.25. The molecule has 1 rings (SSSR count). The molecule has 0 aromatic heterocycles. The quantitative estimate of drug-likeness (QED) is 0.630. The van der Waals surface area contributed by atoms with Crippen LogP contribution in [-0.4, -0.2) is 39.4 Å². The summed E-state index contributed by atoms with van der Waals surface area (Å²) in [5.74, 6) is -1.03. The molecule has 0 heterocycles. The lowest BCUT2D eigenvalue weighted by atomic mass is 10.2. The minimum Gasteiger partial charge on any atom is -0.469 e. The van der Waals surface area contributed by atoms with Crippen molar-refractivity contribution < 1.29 is 17.9 Å². The van der Waals surface area contributed by atoms with Gasteiger partial charge in [0.1, 0.15) is 4.90 Å². The van der Waals surface area contributed by atoms with E-state index in [0.717, 1.165) is 4.31 Å². The molecule has 0 radical (unpaired) electrons. The first-order chi connectivity index (χ1) is 9.20. The van der Waals surface area contributed by atoms with E-state index in [1.807, 2.05) is 0 Å². The average Bonchev–Trinajstić information content (AvgIpc) is 2.40. The fourth-order valence-corrected chi connectivity index (χ4v) is 3.57. The third-order valence-corrected chi connectivity index (χ3v) is 5.17. The molecule has 0 amide bonds. The zero-order valence-corrected chi connectivity index (χ0v) is 13.9. The number of hydrogen-bond donors (Lipinski definition) is 1. The zero-order chi connectivity index (χ0) is 15.5. The number of halogens is 1. The number of rotatable bonds is 5. The van der Waals surface area contributed by atoms with Gasteiger partial charge >= 0.3 is 5.97 Å². The van der Waals surface area contributed by atoms with E-state index in [-0.39, 0.29) is 17.1 Å². The van der Waals surface area contributed by atoms with Crippen molar-refractivity contribution in [1.82, 2.24) is 4.31 Å². The number of nitrogens with two attached hydrogens (primary N) is 1. The van der Waals surface area contributed by atoms with Gasteiger partial charge in [0.2, 0.25) is 10.0 Å². The lowest BCUT2D eigenvalue weighted by Gasteiger charge is -2.21. The number of nitrogens with zero attached hydrogens (tertiary/aromatic N) is 1. The first-order valence-electron chi connectivity index (χ1n) is 5.79. The molecule has 0 fully saturated rings. The van der Waals surface area contributed by atoms with E-state index in [4.69, 9.17) is 5.73 Å². The SMILES string of the molecule is COC(=O)C(C)CN(C)S(=O)(=O)c1cc(Br)ccc1N. The van der Waals surface area contributed by atoms with Gasteiger partial charge in [0.05, 0.1) is 18.7 Å². The van der Waals surface area contributed by atoms with Crippen LogP contribution in [0.3, 0.4) is 0 Å². The van der Waals surface area contributed by atoms with E-state index >= 15 is 0 Å². The second-order valence-corrected chi connectivity index (χ2v) is 7.32. The molecule has 6 nitrogen and oxygen atoms in total. The molecular weight excluding hydrogens is 348 g/mol. The number of methoxy groups -OCH3 is 1. The summed E-state index contributed by atoms with van der Waals surface area (Å²) in [6.07, 6.45) is 0. The Kier molecular flexibility index (Phi) is 5.55. The van der Waals surface area contributed by atoms with Crippen LogP contribution in [0.15, 0.2) is 27.6 Å². The number of sulfonamides is 1. The van der Waals surface area contributed by atoms with Crippen molar-refractivity contribution in [2.45, 2.75) is 11.8 Å². The summed E-state index contributed by atoms with van der Waals surface area (Å²) < 4.78 is 31.1. The Labute approximate surface area is 127 Å². The lowest BCUT2D eigenvalue weighted by Crippen LogP contribution is -2.34. The van der Waals surface area contributed by atoms with Gasteiger partial charge in [0, 0.05) is 18.1 Å². The van der Waals surface area contributed by atoms with E-state index in [2.05, 4.69) is 20.7 Å². The maximum atomic E-state index is 12.4. The summed E-state index contributed by atoms with van der Waals surface area (Å²) >= 11 is 3.21. The fourth-order valence-electron chi connectivity index (χ4n) is 1.66. The Morgan fingerprint density at radius 1 is 1.50 bits per heavy atom. The molecule has 0 aliphatic heterocycles. The third kappa shape index (κ3) is 3.71. The van der Waals surface area contributed by atoms with Crippen LogP contribution >= 0.6 is 15.9 Å². The largest absolute Gasteiger partial charge is 0.469 e. The van der Waals surface area contributed by atoms with E-state index < -0.39 is 21.9 Å². The van der Waals surface area contributed by atoms with Crippen LogP contribution in [0, 0.1) is 5.92 Å². The monoisotopic (exact) mass is 364 g/mol. The van der Waals surface area contributed by atoms with E-state index in [1.165, 1.54) is 26.3 Å². The van der Waals surface area contributed by atoms with Gasteiger partial charge in [-0.25, -0.2) is 12.7 Å². The van der Waals surface area contributed by atoms with Crippen LogP contribution < -0.4 is 5.73 Å². The minimum atomic E-state index is -3.76. The summed E-state index contributed by atoms with van der Waals surface area (Å²) in [6, 6.07) is 4.60. The predicted molar refractivity (Wildman–Crippen MR) is 79.6 cm³/mol. The minimum absolute atomic E-state index is 0.00596. The number of esters is 1. The standard InChI is InChI=1S/C12H17BrN2O4S/c1-8(12(16)19-3)7-15(2)20(17,18)11-6-9(13)4-5-10(11)14/h4-6,8H,7,14H2,1-3H3. The molecule has 0 spiro atoms. The first-order valence-corrected chi connectivity index (χ1v) is 8.02. The molecule has 1 atom stereocenters. The van der Waals surface area contributed by atoms with Crippen molar-refractivity contribution in [2.75, 3.05) is 26.4 Å². The fraction of sp³-hybridized carbons (Fsp3) is 0.417. The molecule has 20 heavy (non-hydrogen) atoms. The van der Waals surface area contributed by atoms with Crippen LogP contribution in [-0.2, 0) is 19.6 Å². The number of nitrogen functional groups attached to an aromatic ring is 1. The molecular formula is C12H17BrN2O4S. The van der Waals surface area contributed by atoms with Crippen molar-refractivity contribution in [3.05, 3.63) is 22.7 Å². The second kappa shape index (κ2) is 6.55. The molecule has 1 unspecified atom stereocenters. The highest BCUT2D eigenvalue weighted by Gasteiger charge is 2.27. The highest BCUT2D eigenvalue weighted by molar-refractivity contribution is 9.10. The Balaban J connectivity index is 3.04. The maximum absolute atomic E-state index is 12.4. The molecule has 0 bridgehead atoms. The van der Waals surface area contributed by atoms with Crippen LogP contribution in [0.2, 0.25) is 0 Å². The molecule has 0 aliphatic carbocycles. The highest BCUT2D eigenvalue weighted by atomic mass is 79.9. The van der Waals surface area contributed by atoms with Gasteiger partial charge in [-0.1, -0.05) is 22.9 Å². The first kappa shape index (κ1) is 16.9. The van der Waals surface area contributed by atoms with Gasteiger partial charge in [-0.3, -0.25) is 4.79 Å². The second-order valence-electron chi connectivity index (χ2n) is 4.39. The van der Waals surface area contributed by atoms with Crippen LogP contribution in [0.4, 0.5) is 5.69 Å². The van der Waals surface area contributed by atoms with Crippen LogP contribution in [0.25, 0.3) is 0 Å². The van der Waals surface area contributed by atoms with Crippen LogP contribution in [0.1, 0.15) is 6.92 Å². The summed E-state index contributed by atoms with van der Waals surface area (Å²) in [7, 11) is -1.10. The molecule has 1 aromatic carbocycles. The molecule has 2 N–H and O–H groups in total. The van der Waals surface area contributed by atoms with Crippen molar-refractivity contribution in [3.8, 4) is 0 Å². The summed E-state index contributed by atoms with van der Waals surface area (Å²) in [4.78, 5) is 11.4. The van der Waals surface area contributed by atoms with E-state index in [1.54, 1.807) is 13.0 Å². The van der Waals surface area contributed by atoms with E-state index in [0.29, 0.717) is 4.47 Å². The van der Waals surface area contributed by atoms with Crippen molar-refractivity contribution >= 4 is 37.6 Å². The number of carbonyl (C=O) groups excluding carboxylic acids is 1. The topological polar surface area (TPSA) is 89.7 Å². The van der Waals surface area contributed by atoms with Gasteiger partial charge in [-0.05, 0) is 18.2 Å². The summed E-state index contributed by atoms with van der Waals surface area (Å²) in [5.41, 5.74) is 5.87. The number of hydrogen-bond acceptors (Lipinski definition) is 5. The molecule has 0 saturated heterocycles. The van der Waals surface area contributed by atoms with E-state index in [9.17, 15) is 13.2 Å². The Morgan fingerprint density at radius 2 is 2.10 bits per heavy atom.